The molecule has 0 aromatic heterocycles. The topological polar surface area (TPSA) is 112 Å². The SMILES string of the molecule is C=CCOC(=O)N[C@@H](CCC(=O)C=[N+]=[N-])C(=O)N(C)C. The number of ether oxygens (including phenoxy) is 1. The van der Waals surface area contributed by atoms with Crippen molar-refractivity contribution in [2.24, 2.45) is 0 Å². The molecule has 8 heteroatoms. The molecular formula is C12H18N4O4. The first-order valence-corrected chi connectivity index (χ1v) is 5.88. The van der Waals surface area contributed by atoms with E-state index in [-0.39, 0.29) is 25.4 Å². The van der Waals surface area contributed by atoms with Crippen molar-refractivity contribution < 1.29 is 23.9 Å². The summed E-state index contributed by atoms with van der Waals surface area (Å²) in [6.45, 7) is 3.41. The lowest BCUT2D eigenvalue weighted by Crippen LogP contribution is -2.46. The summed E-state index contributed by atoms with van der Waals surface area (Å²) in [7, 11) is 3.06. The Labute approximate surface area is 117 Å². The van der Waals surface area contributed by atoms with Gasteiger partial charge in [-0.2, -0.15) is 4.79 Å². The van der Waals surface area contributed by atoms with E-state index in [1.165, 1.54) is 25.1 Å². The van der Waals surface area contributed by atoms with E-state index < -0.39 is 17.9 Å². The van der Waals surface area contributed by atoms with Gasteiger partial charge in [-0.25, -0.2) is 4.79 Å². The molecule has 2 amide bonds. The van der Waals surface area contributed by atoms with Gasteiger partial charge in [0.2, 0.25) is 11.7 Å². The van der Waals surface area contributed by atoms with Crippen LogP contribution in [-0.2, 0) is 14.3 Å². The Hall–Kier alpha value is -2.47. The maximum atomic E-state index is 11.9. The van der Waals surface area contributed by atoms with Crippen LogP contribution in [0.4, 0.5) is 4.79 Å². The Bertz CT molecular complexity index is 427. The highest BCUT2D eigenvalue weighted by molar-refractivity contribution is 6.25. The Morgan fingerprint density at radius 1 is 1.45 bits per heavy atom. The summed E-state index contributed by atoms with van der Waals surface area (Å²) in [6, 6.07) is -0.890. The van der Waals surface area contributed by atoms with Crippen LogP contribution in [-0.4, -0.2) is 60.4 Å². The number of hydrogen-bond acceptors (Lipinski definition) is 4. The van der Waals surface area contributed by atoms with E-state index in [2.05, 4.69) is 16.7 Å². The molecule has 1 N–H and O–H groups in total. The summed E-state index contributed by atoms with van der Waals surface area (Å²) >= 11 is 0. The van der Waals surface area contributed by atoms with Gasteiger partial charge < -0.3 is 20.5 Å². The van der Waals surface area contributed by atoms with Gasteiger partial charge in [0, 0.05) is 20.5 Å². The first-order valence-electron chi connectivity index (χ1n) is 5.88. The predicted octanol–water partition coefficient (Wildman–Crippen LogP) is 0.00530. The number of ketones is 1. The Morgan fingerprint density at radius 2 is 2.10 bits per heavy atom. The first kappa shape index (κ1) is 17.5. The van der Waals surface area contributed by atoms with Crippen LogP contribution in [0.25, 0.3) is 5.53 Å². The van der Waals surface area contributed by atoms with Crippen LogP contribution in [0.2, 0.25) is 0 Å². The van der Waals surface area contributed by atoms with Gasteiger partial charge in [0.05, 0.1) is 0 Å². The molecule has 0 aromatic carbocycles. The van der Waals surface area contributed by atoms with Crippen molar-refractivity contribution in [1.82, 2.24) is 10.2 Å². The number of alkyl carbamates (subject to hydrolysis) is 1. The lowest BCUT2D eigenvalue weighted by Gasteiger charge is -2.20. The van der Waals surface area contributed by atoms with Gasteiger partial charge >= 0.3 is 12.3 Å². The second kappa shape index (κ2) is 9.46. The maximum absolute atomic E-state index is 11.9. The number of nitrogens with zero attached hydrogens (tertiary/aromatic N) is 3. The fraction of sp³-hybridized carbons (Fsp3) is 0.500. The number of amides is 2. The molecule has 1 atom stereocenters. The number of Topliss-reactive ketones (excluding diaryl/α,β-unsaturated/α-hetero) is 1. The first-order chi connectivity index (χ1) is 9.42. The number of carbonyl (C=O) groups is 3. The van der Waals surface area contributed by atoms with Crippen LogP contribution in [0.1, 0.15) is 12.8 Å². The fourth-order valence-electron chi connectivity index (χ4n) is 1.30. The van der Waals surface area contributed by atoms with E-state index in [0.717, 1.165) is 6.21 Å². The van der Waals surface area contributed by atoms with E-state index in [1.807, 2.05) is 0 Å². The molecule has 0 aliphatic carbocycles. The van der Waals surface area contributed by atoms with E-state index in [4.69, 9.17) is 10.3 Å². The highest BCUT2D eigenvalue weighted by Crippen LogP contribution is 2.02. The van der Waals surface area contributed by atoms with Gasteiger partial charge in [-0.3, -0.25) is 9.59 Å². The van der Waals surface area contributed by atoms with Crippen LogP contribution in [0, 0.1) is 0 Å². The lowest BCUT2D eigenvalue weighted by molar-refractivity contribution is -0.131. The summed E-state index contributed by atoms with van der Waals surface area (Å²) in [6.07, 6.45) is 1.39. The fourth-order valence-corrected chi connectivity index (χ4v) is 1.30. The van der Waals surface area contributed by atoms with Crippen molar-refractivity contribution >= 4 is 24.0 Å². The van der Waals surface area contributed by atoms with Crippen molar-refractivity contribution in [2.45, 2.75) is 18.9 Å². The molecule has 0 fully saturated rings. The standard InChI is InChI=1S/C12H18N4O4/c1-4-7-20-12(19)15-10(11(18)16(2)3)6-5-9(17)8-14-13/h4,8,10H,1,5-7H2,2-3H3,(H,15,19)/t10-/m0/s1. The molecular weight excluding hydrogens is 264 g/mol. The number of carbonyl (C=O) groups excluding carboxylic acids is 3. The number of rotatable bonds is 8. The van der Waals surface area contributed by atoms with Gasteiger partial charge in [0.1, 0.15) is 12.6 Å². The molecule has 0 unspecified atom stereocenters. The molecule has 0 aliphatic rings. The van der Waals surface area contributed by atoms with Gasteiger partial charge in [-0.15, -0.1) is 0 Å². The molecule has 0 aliphatic heterocycles. The third-order valence-corrected chi connectivity index (χ3v) is 2.24. The highest BCUT2D eigenvalue weighted by atomic mass is 16.5. The van der Waals surface area contributed by atoms with Crippen LogP contribution in [0.15, 0.2) is 12.7 Å². The second-order valence-corrected chi connectivity index (χ2v) is 4.07. The number of likely N-dealkylation sites (N-methyl/N-ethyl adjacent to an activating group) is 1. The molecule has 0 heterocycles. The molecule has 110 valence electrons. The van der Waals surface area contributed by atoms with Gasteiger partial charge in [-0.1, -0.05) is 12.7 Å². The van der Waals surface area contributed by atoms with Crippen LogP contribution >= 0.6 is 0 Å². The van der Waals surface area contributed by atoms with Crippen molar-refractivity contribution in [3.8, 4) is 0 Å². The molecule has 20 heavy (non-hydrogen) atoms. The number of nitrogens with one attached hydrogen (secondary N) is 1. The van der Waals surface area contributed by atoms with Crippen LogP contribution < -0.4 is 5.32 Å². The molecule has 0 bridgehead atoms. The summed E-state index contributed by atoms with van der Waals surface area (Å²) in [5, 5.41) is 2.37. The predicted molar refractivity (Wildman–Crippen MR) is 71.1 cm³/mol. The van der Waals surface area contributed by atoms with Crippen molar-refractivity contribution in [3.05, 3.63) is 18.2 Å². The monoisotopic (exact) mass is 282 g/mol. The normalized spacial score (nSPS) is 10.7. The molecule has 0 saturated carbocycles. The lowest BCUT2D eigenvalue weighted by atomic mass is 10.1. The minimum absolute atomic E-state index is 0.0187. The van der Waals surface area contributed by atoms with E-state index >= 15 is 0 Å². The Kier molecular flexibility index (Phi) is 8.29. The summed E-state index contributed by atoms with van der Waals surface area (Å²) in [5.41, 5.74) is 8.22. The average molecular weight is 282 g/mol. The zero-order valence-corrected chi connectivity index (χ0v) is 11.5. The van der Waals surface area contributed by atoms with Gasteiger partial charge in [0.25, 0.3) is 0 Å². The summed E-state index contributed by atoms with van der Waals surface area (Å²) < 4.78 is 4.72. The van der Waals surface area contributed by atoms with Crippen LogP contribution in [0.3, 0.4) is 0 Å². The average Bonchev–Trinajstić information content (AvgIpc) is 2.40. The van der Waals surface area contributed by atoms with E-state index in [0.29, 0.717) is 0 Å². The minimum Gasteiger partial charge on any atom is -0.445 e. The van der Waals surface area contributed by atoms with E-state index in [9.17, 15) is 14.4 Å². The van der Waals surface area contributed by atoms with E-state index in [1.54, 1.807) is 0 Å². The van der Waals surface area contributed by atoms with Crippen molar-refractivity contribution in [2.75, 3.05) is 20.7 Å². The van der Waals surface area contributed by atoms with Gasteiger partial charge in [0.15, 0.2) is 0 Å². The third kappa shape index (κ3) is 7.07. The molecule has 8 nitrogen and oxygen atoms in total. The molecule has 0 rings (SSSR count). The largest absolute Gasteiger partial charge is 0.445 e. The summed E-state index contributed by atoms with van der Waals surface area (Å²) in [5.74, 6) is -0.820. The number of hydrogen-bond donors (Lipinski definition) is 1. The van der Waals surface area contributed by atoms with Crippen molar-refractivity contribution in [3.63, 3.8) is 0 Å². The molecule has 0 spiro atoms. The zero-order chi connectivity index (χ0) is 15.5. The van der Waals surface area contributed by atoms with Gasteiger partial charge in [-0.05, 0) is 6.42 Å². The Balaban J connectivity index is 4.60. The smallest absolute Gasteiger partial charge is 0.408 e. The quantitative estimate of drug-likeness (QED) is 0.292. The molecule has 0 radical (unpaired) electrons. The molecule has 0 saturated heterocycles. The zero-order valence-electron chi connectivity index (χ0n) is 11.5. The Morgan fingerprint density at radius 3 is 2.60 bits per heavy atom. The minimum atomic E-state index is -0.890. The molecule has 0 aromatic rings. The maximum Gasteiger partial charge on any atom is 0.408 e. The summed E-state index contributed by atoms with van der Waals surface area (Å²) in [4.78, 5) is 38.4. The van der Waals surface area contributed by atoms with Crippen LogP contribution in [0.5, 0.6) is 0 Å². The second-order valence-electron chi connectivity index (χ2n) is 4.07. The highest BCUT2D eigenvalue weighted by Gasteiger charge is 2.23. The third-order valence-electron chi connectivity index (χ3n) is 2.24. The van der Waals surface area contributed by atoms with Crippen molar-refractivity contribution in [1.29, 1.82) is 0 Å².